The highest BCUT2D eigenvalue weighted by molar-refractivity contribution is 5.34. The highest BCUT2D eigenvalue weighted by Gasteiger charge is 2.23. The molecule has 136 valence electrons. The van der Waals surface area contributed by atoms with Crippen LogP contribution in [0.4, 0.5) is 0 Å². The second kappa shape index (κ2) is 8.90. The molecule has 1 aliphatic rings. The second-order valence-electron chi connectivity index (χ2n) is 7.88. The average molecular weight is 348 g/mol. The molecule has 1 fully saturated rings. The molecule has 0 N–H and O–H groups in total. The summed E-state index contributed by atoms with van der Waals surface area (Å²) in [6.07, 6.45) is 6.02. The van der Waals surface area contributed by atoms with Gasteiger partial charge in [-0.05, 0) is 85.3 Å². The van der Waals surface area contributed by atoms with E-state index in [4.69, 9.17) is 10.00 Å². The fraction of sp³-hybridized carbons (Fsp3) is 0.458. The number of ether oxygens (including phenoxy) is 1. The number of nitrogens with zero attached hydrogens (tertiary/aromatic N) is 1. The normalized spacial score (nSPS) is 19.9. The standard InChI is InChI=1S/C24H29NO/c1-18(2)15-16-26-24-13-11-23(12-14-24)22-9-7-21(8-10-22)20-5-3-19(17-25)4-6-20/h3-6,11-14,18,21-22H,7-10,15-16H2,1-2H3/t21-,22-. The van der Waals surface area contributed by atoms with Crippen LogP contribution in [-0.4, -0.2) is 6.61 Å². The van der Waals surface area contributed by atoms with E-state index in [1.807, 2.05) is 12.1 Å². The number of rotatable bonds is 6. The summed E-state index contributed by atoms with van der Waals surface area (Å²) < 4.78 is 5.83. The number of hydrogen-bond donors (Lipinski definition) is 0. The molecule has 0 radical (unpaired) electrons. The van der Waals surface area contributed by atoms with Crippen LogP contribution < -0.4 is 4.74 Å². The SMILES string of the molecule is CC(C)CCOc1ccc([C@H]2CC[C@H](c3ccc(C#N)cc3)CC2)cc1. The van der Waals surface area contributed by atoms with Gasteiger partial charge in [0.1, 0.15) is 5.75 Å². The van der Waals surface area contributed by atoms with Crippen molar-refractivity contribution in [3.8, 4) is 11.8 Å². The molecule has 2 aromatic carbocycles. The molecular formula is C24H29NO. The first-order chi connectivity index (χ1) is 12.7. The Labute approximate surface area is 157 Å². The van der Waals surface area contributed by atoms with E-state index in [0.717, 1.165) is 24.3 Å². The lowest BCUT2D eigenvalue weighted by molar-refractivity contribution is 0.289. The first-order valence-corrected chi connectivity index (χ1v) is 9.88. The summed E-state index contributed by atoms with van der Waals surface area (Å²) in [5.41, 5.74) is 3.58. The van der Waals surface area contributed by atoms with Gasteiger partial charge in [-0.3, -0.25) is 0 Å². The smallest absolute Gasteiger partial charge is 0.119 e. The number of benzene rings is 2. The minimum absolute atomic E-state index is 0.637. The molecule has 0 bridgehead atoms. The summed E-state index contributed by atoms with van der Waals surface area (Å²) in [6.45, 7) is 5.24. The van der Waals surface area contributed by atoms with E-state index < -0.39 is 0 Å². The van der Waals surface area contributed by atoms with Crippen molar-refractivity contribution in [2.75, 3.05) is 6.61 Å². The van der Waals surface area contributed by atoms with E-state index in [-0.39, 0.29) is 0 Å². The van der Waals surface area contributed by atoms with Crippen LogP contribution in [-0.2, 0) is 0 Å². The average Bonchev–Trinajstić information content (AvgIpc) is 2.68. The van der Waals surface area contributed by atoms with Gasteiger partial charge in [-0.25, -0.2) is 0 Å². The van der Waals surface area contributed by atoms with E-state index in [1.54, 1.807) is 0 Å². The van der Waals surface area contributed by atoms with Gasteiger partial charge in [-0.15, -0.1) is 0 Å². The molecule has 0 amide bonds. The maximum absolute atomic E-state index is 8.93. The van der Waals surface area contributed by atoms with E-state index in [2.05, 4.69) is 56.3 Å². The molecule has 1 saturated carbocycles. The predicted molar refractivity (Wildman–Crippen MR) is 106 cm³/mol. The molecule has 0 aliphatic heterocycles. The largest absolute Gasteiger partial charge is 0.494 e. The van der Waals surface area contributed by atoms with Gasteiger partial charge in [-0.1, -0.05) is 38.1 Å². The highest BCUT2D eigenvalue weighted by Crippen LogP contribution is 2.40. The van der Waals surface area contributed by atoms with Crippen molar-refractivity contribution in [3.63, 3.8) is 0 Å². The Morgan fingerprint density at radius 2 is 1.38 bits per heavy atom. The molecule has 0 spiro atoms. The minimum Gasteiger partial charge on any atom is -0.494 e. The Balaban J connectivity index is 1.52. The van der Waals surface area contributed by atoms with Crippen LogP contribution in [0.3, 0.4) is 0 Å². The molecule has 1 aliphatic carbocycles. The number of hydrogen-bond acceptors (Lipinski definition) is 2. The van der Waals surface area contributed by atoms with E-state index in [9.17, 15) is 0 Å². The van der Waals surface area contributed by atoms with Crippen molar-refractivity contribution < 1.29 is 4.74 Å². The second-order valence-corrected chi connectivity index (χ2v) is 7.88. The Morgan fingerprint density at radius 3 is 1.85 bits per heavy atom. The van der Waals surface area contributed by atoms with E-state index in [1.165, 1.54) is 36.8 Å². The third-order valence-electron chi connectivity index (χ3n) is 5.55. The third-order valence-corrected chi connectivity index (χ3v) is 5.55. The van der Waals surface area contributed by atoms with Gasteiger partial charge in [0.05, 0.1) is 18.2 Å². The van der Waals surface area contributed by atoms with Gasteiger partial charge in [0, 0.05) is 0 Å². The van der Waals surface area contributed by atoms with Crippen molar-refractivity contribution in [2.45, 2.75) is 57.8 Å². The number of nitriles is 1. The molecule has 0 saturated heterocycles. The third kappa shape index (κ3) is 4.88. The van der Waals surface area contributed by atoms with E-state index >= 15 is 0 Å². The summed E-state index contributed by atoms with van der Waals surface area (Å²) in [5, 5.41) is 8.93. The van der Waals surface area contributed by atoms with Crippen LogP contribution in [0.2, 0.25) is 0 Å². The van der Waals surface area contributed by atoms with Gasteiger partial charge in [-0.2, -0.15) is 5.26 Å². The van der Waals surface area contributed by atoms with Crippen LogP contribution in [0.25, 0.3) is 0 Å². The van der Waals surface area contributed by atoms with Crippen molar-refractivity contribution in [2.24, 2.45) is 5.92 Å². The zero-order chi connectivity index (χ0) is 18.4. The molecular weight excluding hydrogens is 318 g/mol. The summed E-state index contributed by atoms with van der Waals surface area (Å²) in [4.78, 5) is 0. The lowest BCUT2D eigenvalue weighted by atomic mass is 9.76. The molecule has 2 heteroatoms. The van der Waals surface area contributed by atoms with Gasteiger partial charge in [0.15, 0.2) is 0 Å². The molecule has 0 heterocycles. The zero-order valence-electron chi connectivity index (χ0n) is 15.9. The van der Waals surface area contributed by atoms with Crippen LogP contribution in [0.5, 0.6) is 5.75 Å². The van der Waals surface area contributed by atoms with Crippen molar-refractivity contribution >= 4 is 0 Å². The maximum Gasteiger partial charge on any atom is 0.119 e. The summed E-state index contributed by atoms with van der Waals surface area (Å²) in [7, 11) is 0. The lowest BCUT2D eigenvalue weighted by Gasteiger charge is -2.29. The Bertz CT molecular complexity index is 716. The fourth-order valence-corrected chi connectivity index (χ4v) is 3.84. The van der Waals surface area contributed by atoms with Crippen molar-refractivity contribution in [1.29, 1.82) is 5.26 Å². The molecule has 0 unspecified atom stereocenters. The quantitative estimate of drug-likeness (QED) is 0.603. The maximum atomic E-state index is 8.93. The van der Waals surface area contributed by atoms with Crippen molar-refractivity contribution in [3.05, 3.63) is 65.2 Å². The molecule has 2 aromatic rings. The Kier molecular flexibility index (Phi) is 6.34. The fourth-order valence-electron chi connectivity index (χ4n) is 3.84. The minimum atomic E-state index is 0.637. The van der Waals surface area contributed by atoms with Gasteiger partial charge >= 0.3 is 0 Å². The van der Waals surface area contributed by atoms with Crippen LogP contribution in [0.15, 0.2) is 48.5 Å². The first-order valence-electron chi connectivity index (χ1n) is 9.88. The summed E-state index contributed by atoms with van der Waals surface area (Å²) >= 11 is 0. The van der Waals surface area contributed by atoms with Gasteiger partial charge in [0.25, 0.3) is 0 Å². The molecule has 2 nitrogen and oxygen atoms in total. The van der Waals surface area contributed by atoms with Crippen molar-refractivity contribution in [1.82, 2.24) is 0 Å². The molecule has 3 rings (SSSR count). The molecule has 26 heavy (non-hydrogen) atoms. The highest BCUT2D eigenvalue weighted by atomic mass is 16.5. The molecule has 0 aromatic heterocycles. The Hall–Kier alpha value is -2.27. The van der Waals surface area contributed by atoms with Crippen LogP contribution in [0, 0.1) is 17.2 Å². The lowest BCUT2D eigenvalue weighted by Crippen LogP contribution is -2.12. The van der Waals surface area contributed by atoms with E-state index in [0.29, 0.717) is 17.8 Å². The topological polar surface area (TPSA) is 33.0 Å². The van der Waals surface area contributed by atoms with Crippen LogP contribution >= 0.6 is 0 Å². The summed E-state index contributed by atoms with van der Waals surface area (Å²) in [6, 6.07) is 19.1. The summed E-state index contributed by atoms with van der Waals surface area (Å²) in [5.74, 6) is 2.97. The first kappa shape index (κ1) is 18.5. The van der Waals surface area contributed by atoms with Gasteiger partial charge in [0.2, 0.25) is 0 Å². The van der Waals surface area contributed by atoms with Crippen LogP contribution in [0.1, 0.15) is 74.5 Å². The molecule has 0 atom stereocenters. The predicted octanol–water partition coefficient (Wildman–Crippen LogP) is 6.42. The Morgan fingerprint density at radius 1 is 0.885 bits per heavy atom. The monoisotopic (exact) mass is 347 g/mol. The zero-order valence-corrected chi connectivity index (χ0v) is 15.9. The van der Waals surface area contributed by atoms with Gasteiger partial charge < -0.3 is 4.74 Å².